The Morgan fingerprint density at radius 3 is 2.75 bits per heavy atom. The van der Waals surface area contributed by atoms with Crippen molar-refractivity contribution in [3.8, 4) is 0 Å². The molecule has 132 valence electrons. The highest BCUT2D eigenvalue weighted by molar-refractivity contribution is 7.91. The number of hydrogen-bond acceptors (Lipinski definition) is 6. The summed E-state index contributed by atoms with van der Waals surface area (Å²) in [6.45, 7) is 1.62. The minimum Gasteiger partial charge on any atom is -0.389 e. The molecule has 2 fully saturated rings. The van der Waals surface area contributed by atoms with Crippen molar-refractivity contribution in [3.63, 3.8) is 0 Å². The normalized spacial score (nSPS) is 26.8. The van der Waals surface area contributed by atoms with Crippen LogP contribution in [0.2, 0.25) is 0 Å². The number of ether oxygens (including phenoxy) is 1. The van der Waals surface area contributed by atoms with Gasteiger partial charge in [0.15, 0.2) is 9.84 Å². The van der Waals surface area contributed by atoms with Gasteiger partial charge in [0, 0.05) is 30.9 Å². The maximum atomic E-state index is 12.4. The standard InChI is InChI=1S/C16H22N2O5S/c19-15-11-23-7-4-14(15)17-16(20)12-2-1-3-13(10-12)18-5-8-24(21,22)9-6-18/h1-3,10,14-15,19H,4-9,11H2,(H,17,20)/t14-,15-/m1/s1. The van der Waals surface area contributed by atoms with Gasteiger partial charge >= 0.3 is 0 Å². The molecule has 2 aliphatic heterocycles. The van der Waals surface area contributed by atoms with E-state index in [1.54, 1.807) is 18.2 Å². The fourth-order valence-corrected chi connectivity index (χ4v) is 4.16. The first kappa shape index (κ1) is 17.2. The van der Waals surface area contributed by atoms with Crippen LogP contribution in [-0.4, -0.2) is 69.4 Å². The Morgan fingerprint density at radius 1 is 1.29 bits per heavy atom. The molecule has 0 unspecified atom stereocenters. The molecule has 2 heterocycles. The number of benzene rings is 1. The number of rotatable bonds is 3. The number of nitrogens with one attached hydrogen (secondary N) is 1. The smallest absolute Gasteiger partial charge is 0.251 e. The lowest BCUT2D eigenvalue weighted by Crippen LogP contribution is -2.48. The number of sulfone groups is 1. The summed E-state index contributed by atoms with van der Waals surface area (Å²) in [5.74, 6) is 0.0301. The summed E-state index contributed by atoms with van der Waals surface area (Å²) in [5, 5.41) is 12.7. The van der Waals surface area contributed by atoms with E-state index >= 15 is 0 Å². The number of aliphatic hydroxyl groups excluding tert-OH is 1. The predicted octanol–water partition coefficient (Wildman–Crippen LogP) is -0.199. The number of nitrogens with zero attached hydrogens (tertiary/aromatic N) is 1. The second-order valence-corrected chi connectivity index (χ2v) is 8.50. The van der Waals surface area contributed by atoms with E-state index in [1.165, 1.54) is 0 Å². The first-order valence-electron chi connectivity index (χ1n) is 8.07. The van der Waals surface area contributed by atoms with E-state index in [-0.39, 0.29) is 30.1 Å². The lowest BCUT2D eigenvalue weighted by Gasteiger charge is -2.30. The first-order valence-corrected chi connectivity index (χ1v) is 9.89. The molecule has 3 rings (SSSR count). The molecule has 1 aromatic rings. The van der Waals surface area contributed by atoms with E-state index in [1.807, 2.05) is 11.0 Å². The molecule has 0 aliphatic carbocycles. The Bertz CT molecular complexity index is 692. The third-order valence-corrected chi connectivity index (χ3v) is 6.07. The van der Waals surface area contributed by atoms with E-state index in [9.17, 15) is 18.3 Å². The average Bonchev–Trinajstić information content (AvgIpc) is 2.57. The summed E-state index contributed by atoms with van der Waals surface area (Å²) in [5.41, 5.74) is 1.34. The molecular formula is C16H22N2O5S. The highest BCUT2D eigenvalue weighted by atomic mass is 32.2. The van der Waals surface area contributed by atoms with Gasteiger partial charge < -0.3 is 20.1 Å². The molecule has 0 saturated carbocycles. The van der Waals surface area contributed by atoms with Gasteiger partial charge in [0.2, 0.25) is 0 Å². The minimum atomic E-state index is -2.94. The number of aliphatic hydroxyl groups is 1. The van der Waals surface area contributed by atoms with Crippen LogP contribution in [0.1, 0.15) is 16.8 Å². The number of hydrogen-bond donors (Lipinski definition) is 2. The molecule has 2 aliphatic rings. The number of carbonyl (C=O) groups excluding carboxylic acids is 1. The lowest BCUT2D eigenvalue weighted by atomic mass is 10.1. The van der Waals surface area contributed by atoms with Crippen molar-refractivity contribution in [1.29, 1.82) is 0 Å². The van der Waals surface area contributed by atoms with Crippen LogP contribution in [0.15, 0.2) is 24.3 Å². The number of amides is 1. The SMILES string of the molecule is O=C(N[C@@H]1CCOC[C@H]1O)c1cccc(N2CCS(=O)(=O)CC2)c1. The quantitative estimate of drug-likeness (QED) is 0.781. The molecule has 0 spiro atoms. The number of anilines is 1. The third kappa shape index (κ3) is 4.06. The van der Waals surface area contributed by atoms with Crippen molar-refractivity contribution in [2.45, 2.75) is 18.6 Å². The van der Waals surface area contributed by atoms with Crippen molar-refractivity contribution in [2.24, 2.45) is 0 Å². The van der Waals surface area contributed by atoms with Crippen LogP contribution in [0.25, 0.3) is 0 Å². The molecule has 0 radical (unpaired) electrons. The van der Waals surface area contributed by atoms with Crippen molar-refractivity contribution in [3.05, 3.63) is 29.8 Å². The highest BCUT2D eigenvalue weighted by Crippen LogP contribution is 2.19. The zero-order valence-corrected chi connectivity index (χ0v) is 14.2. The monoisotopic (exact) mass is 354 g/mol. The van der Waals surface area contributed by atoms with Crippen LogP contribution in [0.5, 0.6) is 0 Å². The van der Waals surface area contributed by atoms with Crippen LogP contribution >= 0.6 is 0 Å². The van der Waals surface area contributed by atoms with E-state index < -0.39 is 15.9 Å². The van der Waals surface area contributed by atoms with Gasteiger partial charge in [-0.2, -0.15) is 0 Å². The topological polar surface area (TPSA) is 95.9 Å². The summed E-state index contributed by atoms with van der Waals surface area (Å²) >= 11 is 0. The molecule has 1 amide bonds. The molecule has 8 heteroatoms. The van der Waals surface area contributed by atoms with E-state index in [0.717, 1.165) is 5.69 Å². The van der Waals surface area contributed by atoms with Crippen LogP contribution in [0.3, 0.4) is 0 Å². The van der Waals surface area contributed by atoms with E-state index in [0.29, 0.717) is 31.7 Å². The van der Waals surface area contributed by atoms with E-state index in [2.05, 4.69) is 5.32 Å². The number of carbonyl (C=O) groups is 1. The molecule has 2 saturated heterocycles. The first-order chi connectivity index (χ1) is 11.4. The van der Waals surface area contributed by atoms with Gasteiger partial charge in [-0.05, 0) is 24.6 Å². The van der Waals surface area contributed by atoms with Crippen molar-refractivity contribution >= 4 is 21.4 Å². The Balaban J connectivity index is 1.67. The van der Waals surface area contributed by atoms with Crippen LogP contribution < -0.4 is 10.2 Å². The van der Waals surface area contributed by atoms with Crippen molar-refractivity contribution in [2.75, 3.05) is 42.7 Å². The molecule has 1 aromatic carbocycles. The molecule has 7 nitrogen and oxygen atoms in total. The zero-order valence-electron chi connectivity index (χ0n) is 13.3. The average molecular weight is 354 g/mol. The van der Waals surface area contributed by atoms with Crippen LogP contribution in [-0.2, 0) is 14.6 Å². The van der Waals surface area contributed by atoms with Crippen LogP contribution in [0.4, 0.5) is 5.69 Å². The summed E-state index contributed by atoms with van der Waals surface area (Å²) in [4.78, 5) is 14.4. The Kier molecular flexibility index (Phi) is 5.07. The summed E-state index contributed by atoms with van der Waals surface area (Å²) in [6.07, 6.45) is -0.116. The van der Waals surface area contributed by atoms with Crippen molar-refractivity contribution in [1.82, 2.24) is 5.32 Å². The Hall–Kier alpha value is -1.64. The van der Waals surface area contributed by atoms with Gasteiger partial charge in [-0.1, -0.05) is 6.07 Å². The third-order valence-electron chi connectivity index (χ3n) is 4.46. The van der Waals surface area contributed by atoms with Gasteiger partial charge in [-0.15, -0.1) is 0 Å². The molecular weight excluding hydrogens is 332 g/mol. The fourth-order valence-electron chi connectivity index (χ4n) is 2.96. The lowest BCUT2D eigenvalue weighted by molar-refractivity contribution is -0.0260. The van der Waals surface area contributed by atoms with Crippen LogP contribution in [0, 0.1) is 0 Å². The fraction of sp³-hybridized carbons (Fsp3) is 0.562. The Labute approximate surface area is 141 Å². The maximum Gasteiger partial charge on any atom is 0.251 e. The molecule has 2 atom stereocenters. The van der Waals surface area contributed by atoms with Gasteiger partial charge in [-0.25, -0.2) is 8.42 Å². The van der Waals surface area contributed by atoms with E-state index in [4.69, 9.17) is 4.74 Å². The van der Waals surface area contributed by atoms with Gasteiger partial charge in [-0.3, -0.25) is 4.79 Å². The highest BCUT2D eigenvalue weighted by Gasteiger charge is 2.26. The van der Waals surface area contributed by atoms with Gasteiger partial charge in [0.1, 0.15) is 0 Å². The second-order valence-electron chi connectivity index (χ2n) is 6.20. The summed E-state index contributed by atoms with van der Waals surface area (Å²) in [7, 11) is -2.94. The molecule has 0 bridgehead atoms. The van der Waals surface area contributed by atoms with Gasteiger partial charge in [0.05, 0.1) is 30.3 Å². The zero-order chi connectivity index (χ0) is 17.2. The Morgan fingerprint density at radius 2 is 2.04 bits per heavy atom. The minimum absolute atomic E-state index is 0.137. The predicted molar refractivity (Wildman–Crippen MR) is 90.0 cm³/mol. The largest absolute Gasteiger partial charge is 0.389 e. The summed E-state index contributed by atoms with van der Waals surface area (Å²) in [6, 6.07) is 6.82. The van der Waals surface area contributed by atoms with Gasteiger partial charge in [0.25, 0.3) is 5.91 Å². The molecule has 24 heavy (non-hydrogen) atoms. The summed E-state index contributed by atoms with van der Waals surface area (Å²) < 4.78 is 28.2. The molecule has 0 aromatic heterocycles. The molecule has 2 N–H and O–H groups in total. The second kappa shape index (κ2) is 7.08. The van der Waals surface area contributed by atoms with Crippen molar-refractivity contribution < 1.29 is 23.1 Å². The maximum absolute atomic E-state index is 12.4.